The number of hydrogen-bond donors (Lipinski definition) is 1. The lowest BCUT2D eigenvalue weighted by Gasteiger charge is -2.13. The summed E-state index contributed by atoms with van der Waals surface area (Å²) >= 11 is 0. The monoisotopic (exact) mass is 234 g/mol. The molecule has 0 aliphatic heterocycles. The molecule has 1 heterocycles. The quantitative estimate of drug-likeness (QED) is 0.880. The minimum absolute atomic E-state index is 0.120. The highest BCUT2D eigenvalue weighted by molar-refractivity contribution is 5.79. The Hall–Kier alpha value is -2.17. The second-order valence-electron chi connectivity index (χ2n) is 3.69. The molecule has 0 saturated carbocycles. The number of carboxylic acid groups (broad SMARTS) is 1. The van der Waals surface area contributed by atoms with Crippen LogP contribution in [0.5, 0.6) is 0 Å². The third kappa shape index (κ3) is 2.04. The van der Waals surface area contributed by atoms with E-state index in [0.717, 1.165) is 0 Å². The molecule has 2 aromatic rings. The predicted octanol–water partition coefficient (Wildman–Crippen LogP) is 1.78. The molecule has 0 bridgehead atoms. The van der Waals surface area contributed by atoms with Crippen molar-refractivity contribution >= 4 is 5.97 Å². The van der Waals surface area contributed by atoms with Crippen molar-refractivity contribution in [1.29, 1.82) is 0 Å². The van der Waals surface area contributed by atoms with Crippen LogP contribution in [0.2, 0.25) is 0 Å². The maximum absolute atomic E-state index is 13.6. The minimum Gasteiger partial charge on any atom is -0.480 e. The lowest BCUT2D eigenvalue weighted by Crippen LogP contribution is -2.18. The fourth-order valence-corrected chi connectivity index (χ4v) is 1.75. The van der Waals surface area contributed by atoms with Gasteiger partial charge < -0.3 is 9.67 Å². The zero-order valence-corrected chi connectivity index (χ0v) is 9.17. The Morgan fingerprint density at radius 3 is 2.71 bits per heavy atom. The van der Waals surface area contributed by atoms with Gasteiger partial charge in [-0.2, -0.15) is 0 Å². The van der Waals surface area contributed by atoms with E-state index in [-0.39, 0.29) is 5.56 Å². The summed E-state index contributed by atoms with van der Waals surface area (Å²) in [4.78, 5) is 15.3. The molecular formula is C12H11FN2O2. The first kappa shape index (κ1) is 11.3. The van der Waals surface area contributed by atoms with Gasteiger partial charge in [-0.15, -0.1) is 0 Å². The second-order valence-corrected chi connectivity index (χ2v) is 3.69. The number of nitrogens with zero attached hydrogens (tertiary/aromatic N) is 2. The molecule has 0 saturated heterocycles. The van der Waals surface area contributed by atoms with Crippen LogP contribution in [-0.4, -0.2) is 20.6 Å². The molecule has 0 aliphatic carbocycles. The number of carbonyl (C=O) groups is 1. The van der Waals surface area contributed by atoms with Crippen LogP contribution in [0.3, 0.4) is 0 Å². The molecule has 17 heavy (non-hydrogen) atoms. The molecule has 1 aromatic carbocycles. The number of rotatable bonds is 3. The Morgan fingerprint density at radius 1 is 1.47 bits per heavy atom. The molecular weight excluding hydrogens is 223 g/mol. The topological polar surface area (TPSA) is 55.1 Å². The zero-order chi connectivity index (χ0) is 12.4. The number of carboxylic acids is 1. The number of benzene rings is 1. The third-order valence-corrected chi connectivity index (χ3v) is 2.58. The Labute approximate surface area is 97.3 Å². The molecule has 1 aromatic heterocycles. The van der Waals surface area contributed by atoms with Crippen molar-refractivity contribution in [2.75, 3.05) is 0 Å². The number of hydrogen-bond acceptors (Lipinski definition) is 2. The standard InChI is InChI=1S/C12H11FN2O2/c1-15-7-6-14-11(15)10(12(16)17)8-4-2-3-5-9(8)13/h2-7,10H,1H3,(H,16,17). The van der Waals surface area contributed by atoms with Crippen LogP contribution in [0.25, 0.3) is 0 Å². The van der Waals surface area contributed by atoms with Crippen molar-refractivity contribution < 1.29 is 14.3 Å². The van der Waals surface area contributed by atoms with Gasteiger partial charge in [-0.25, -0.2) is 9.37 Å². The van der Waals surface area contributed by atoms with Gasteiger partial charge in [0.25, 0.3) is 0 Å². The number of aromatic nitrogens is 2. The molecule has 1 N–H and O–H groups in total. The van der Waals surface area contributed by atoms with E-state index >= 15 is 0 Å². The lowest BCUT2D eigenvalue weighted by atomic mass is 9.98. The maximum Gasteiger partial charge on any atom is 0.318 e. The molecule has 2 rings (SSSR count). The number of aryl methyl sites for hydroxylation is 1. The van der Waals surface area contributed by atoms with Crippen molar-refractivity contribution in [2.24, 2.45) is 7.05 Å². The highest BCUT2D eigenvalue weighted by Gasteiger charge is 2.28. The third-order valence-electron chi connectivity index (χ3n) is 2.58. The van der Waals surface area contributed by atoms with E-state index in [2.05, 4.69) is 4.98 Å². The minimum atomic E-state index is -1.12. The van der Waals surface area contributed by atoms with E-state index in [1.54, 1.807) is 23.9 Å². The predicted molar refractivity (Wildman–Crippen MR) is 59.1 cm³/mol. The van der Waals surface area contributed by atoms with Crippen molar-refractivity contribution in [2.45, 2.75) is 5.92 Å². The van der Waals surface area contributed by atoms with Gasteiger partial charge in [0.2, 0.25) is 0 Å². The van der Waals surface area contributed by atoms with E-state index in [4.69, 9.17) is 0 Å². The van der Waals surface area contributed by atoms with Gasteiger partial charge in [-0.05, 0) is 6.07 Å². The second kappa shape index (κ2) is 4.37. The van der Waals surface area contributed by atoms with E-state index < -0.39 is 17.7 Å². The highest BCUT2D eigenvalue weighted by Crippen LogP contribution is 2.25. The van der Waals surface area contributed by atoms with E-state index in [1.165, 1.54) is 24.4 Å². The highest BCUT2D eigenvalue weighted by atomic mass is 19.1. The molecule has 1 unspecified atom stereocenters. The summed E-state index contributed by atoms with van der Waals surface area (Å²) in [6, 6.07) is 5.84. The fraction of sp³-hybridized carbons (Fsp3) is 0.167. The van der Waals surface area contributed by atoms with Gasteiger partial charge in [0.15, 0.2) is 0 Å². The Kier molecular flexibility index (Phi) is 2.91. The molecule has 0 radical (unpaired) electrons. The van der Waals surface area contributed by atoms with Crippen LogP contribution >= 0.6 is 0 Å². The molecule has 4 nitrogen and oxygen atoms in total. The first-order chi connectivity index (χ1) is 8.11. The first-order valence-corrected chi connectivity index (χ1v) is 5.05. The van der Waals surface area contributed by atoms with Gasteiger partial charge in [-0.1, -0.05) is 18.2 Å². The summed E-state index contributed by atoms with van der Waals surface area (Å²) in [5.74, 6) is -2.44. The molecule has 0 amide bonds. The van der Waals surface area contributed by atoms with Gasteiger partial charge in [0, 0.05) is 25.0 Å². The smallest absolute Gasteiger partial charge is 0.318 e. The average molecular weight is 234 g/mol. The molecule has 0 spiro atoms. The Balaban J connectivity index is 2.55. The molecule has 88 valence electrons. The summed E-state index contributed by atoms with van der Waals surface area (Å²) in [6.45, 7) is 0. The number of halogens is 1. The number of aliphatic carboxylic acids is 1. The number of imidazole rings is 1. The molecule has 5 heteroatoms. The lowest BCUT2D eigenvalue weighted by molar-refractivity contribution is -0.138. The van der Waals surface area contributed by atoms with E-state index in [1.807, 2.05) is 0 Å². The molecule has 0 aliphatic rings. The van der Waals surface area contributed by atoms with Crippen molar-refractivity contribution in [3.8, 4) is 0 Å². The van der Waals surface area contributed by atoms with Crippen molar-refractivity contribution in [3.63, 3.8) is 0 Å². The van der Waals surface area contributed by atoms with E-state index in [0.29, 0.717) is 5.82 Å². The summed E-state index contributed by atoms with van der Waals surface area (Å²) in [5, 5.41) is 9.23. The van der Waals surface area contributed by atoms with Crippen LogP contribution in [-0.2, 0) is 11.8 Å². The normalized spacial score (nSPS) is 12.4. The molecule has 1 atom stereocenters. The zero-order valence-electron chi connectivity index (χ0n) is 9.17. The van der Waals surface area contributed by atoms with Gasteiger partial charge in [0.1, 0.15) is 17.6 Å². The Bertz CT molecular complexity index is 551. The van der Waals surface area contributed by atoms with Gasteiger partial charge >= 0.3 is 5.97 Å². The summed E-state index contributed by atoms with van der Waals surface area (Å²) in [6.07, 6.45) is 3.12. The van der Waals surface area contributed by atoms with Crippen LogP contribution in [0.4, 0.5) is 4.39 Å². The van der Waals surface area contributed by atoms with E-state index in [9.17, 15) is 14.3 Å². The Morgan fingerprint density at radius 2 is 2.18 bits per heavy atom. The van der Waals surface area contributed by atoms with Gasteiger partial charge in [0.05, 0.1) is 0 Å². The summed E-state index contributed by atoms with van der Waals surface area (Å²) in [7, 11) is 1.68. The average Bonchev–Trinajstić information content (AvgIpc) is 2.68. The van der Waals surface area contributed by atoms with Crippen LogP contribution in [0, 0.1) is 5.82 Å². The molecule has 0 fully saturated rings. The van der Waals surface area contributed by atoms with Crippen LogP contribution < -0.4 is 0 Å². The van der Waals surface area contributed by atoms with Crippen LogP contribution in [0.15, 0.2) is 36.7 Å². The SMILES string of the molecule is Cn1ccnc1C(C(=O)O)c1ccccc1F. The first-order valence-electron chi connectivity index (χ1n) is 5.05. The largest absolute Gasteiger partial charge is 0.480 e. The van der Waals surface area contributed by atoms with Crippen molar-refractivity contribution in [1.82, 2.24) is 9.55 Å². The van der Waals surface area contributed by atoms with Crippen molar-refractivity contribution in [3.05, 3.63) is 53.9 Å². The van der Waals surface area contributed by atoms with Gasteiger partial charge in [-0.3, -0.25) is 4.79 Å². The summed E-state index contributed by atoms with van der Waals surface area (Å²) in [5.41, 5.74) is 0.120. The van der Waals surface area contributed by atoms with Crippen LogP contribution in [0.1, 0.15) is 17.3 Å². The maximum atomic E-state index is 13.6. The summed E-state index contributed by atoms with van der Waals surface area (Å²) < 4.78 is 15.2. The fourth-order valence-electron chi connectivity index (χ4n) is 1.75.